The summed E-state index contributed by atoms with van der Waals surface area (Å²) in [6, 6.07) is 96.0. The van der Waals surface area contributed by atoms with Crippen molar-refractivity contribution in [3.63, 3.8) is 0 Å². The first-order chi connectivity index (χ1) is 33.2. The molecule has 2 atom stereocenters. The topological polar surface area (TPSA) is 0 Å². The van der Waals surface area contributed by atoms with E-state index in [0.29, 0.717) is 0 Å². The number of fused-ring (bicyclic) bond motifs is 11. The van der Waals surface area contributed by atoms with E-state index in [-0.39, 0.29) is 11.8 Å². The van der Waals surface area contributed by atoms with Crippen molar-refractivity contribution in [1.82, 2.24) is 0 Å². The third kappa shape index (κ3) is 5.60. The van der Waals surface area contributed by atoms with E-state index in [1.165, 1.54) is 122 Å². The molecule has 0 nitrogen and oxygen atoms in total. The van der Waals surface area contributed by atoms with E-state index in [2.05, 4.69) is 255 Å². The van der Waals surface area contributed by atoms with E-state index in [0.717, 1.165) is 0 Å². The zero-order chi connectivity index (χ0) is 44.1. The molecule has 3 aliphatic rings. The molecule has 0 saturated carbocycles. The third-order valence-corrected chi connectivity index (χ3v) is 15.3. The van der Waals surface area contributed by atoms with Gasteiger partial charge in [-0.15, -0.1) is 0 Å². The lowest BCUT2D eigenvalue weighted by molar-refractivity contribution is 0.752. The molecule has 0 heterocycles. The summed E-state index contributed by atoms with van der Waals surface area (Å²) in [7, 11) is 0. The molecule has 0 saturated heterocycles. The van der Waals surface area contributed by atoms with Crippen LogP contribution in [0.2, 0.25) is 0 Å². The molecule has 14 rings (SSSR count). The molecule has 0 N–H and O–H groups in total. The number of hydrogen-bond acceptors (Lipinski definition) is 0. The van der Waals surface area contributed by atoms with Crippen LogP contribution < -0.4 is 0 Å². The third-order valence-electron chi connectivity index (χ3n) is 15.3. The van der Waals surface area contributed by atoms with E-state index in [9.17, 15) is 0 Å². The minimum atomic E-state index is -0.524. The van der Waals surface area contributed by atoms with Gasteiger partial charge in [-0.25, -0.2) is 0 Å². The maximum atomic E-state index is 2.50. The Morgan fingerprint density at radius 3 is 1.55 bits per heavy atom. The van der Waals surface area contributed by atoms with Gasteiger partial charge in [0.1, 0.15) is 0 Å². The van der Waals surface area contributed by atoms with Crippen molar-refractivity contribution in [2.45, 2.75) is 17.3 Å². The Balaban J connectivity index is 0.979. The number of hydrogen-bond donors (Lipinski definition) is 0. The molecular formula is C67H44. The molecule has 2 unspecified atom stereocenters. The fourth-order valence-corrected chi connectivity index (χ4v) is 12.5. The molecule has 0 radical (unpaired) electrons. The number of rotatable bonds is 6. The highest BCUT2D eigenvalue weighted by Gasteiger charge is 2.50. The molecule has 3 aliphatic carbocycles. The van der Waals surface area contributed by atoms with Crippen molar-refractivity contribution in [2.24, 2.45) is 0 Å². The molecule has 0 aliphatic heterocycles. The van der Waals surface area contributed by atoms with Crippen molar-refractivity contribution in [1.29, 1.82) is 0 Å². The second-order valence-corrected chi connectivity index (χ2v) is 18.6. The predicted molar refractivity (Wildman–Crippen MR) is 278 cm³/mol. The van der Waals surface area contributed by atoms with Gasteiger partial charge in [-0.1, -0.05) is 243 Å². The molecule has 0 aromatic heterocycles. The van der Waals surface area contributed by atoms with Gasteiger partial charge in [0.05, 0.1) is 5.41 Å². The minimum Gasteiger partial charge on any atom is -0.0622 e. The van der Waals surface area contributed by atoms with Crippen LogP contribution in [0, 0.1) is 0 Å². The van der Waals surface area contributed by atoms with E-state index < -0.39 is 5.41 Å². The van der Waals surface area contributed by atoms with Gasteiger partial charge < -0.3 is 0 Å². The van der Waals surface area contributed by atoms with E-state index in [1.54, 1.807) is 0 Å². The van der Waals surface area contributed by atoms with Gasteiger partial charge >= 0.3 is 0 Å². The zero-order valence-electron chi connectivity index (χ0n) is 36.9. The van der Waals surface area contributed by atoms with Crippen molar-refractivity contribution in [3.8, 4) is 55.6 Å². The summed E-state index contributed by atoms with van der Waals surface area (Å²) in [5, 5.41) is 2.53. The van der Waals surface area contributed by atoms with E-state index in [4.69, 9.17) is 0 Å². The smallest absolute Gasteiger partial charge is 0.0622 e. The highest BCUT2D eigenvalue weighted by Crippen LogP contribution is 2.63. The molecule has 0 spiro atoms. The van der Waals surface area contributed by atoms with Crippen LogP contribution in [0.1, 0.15) is 67.5 Å². The minimum absolute atomic E-state index is 0.0269. The van der Waals surface area contributed by atoms with Crippen LogP contribution in [0.5, 0.6) is 0 Å². The molecule has 11 aromatic carbocycles. The van der Waals surface area contributed by atoms with Crippen LogP contribution in [0.15, 0.2) is 255 Å². The second kappa shape index (κ2) is 14.9. The molecule has 0 amide bonds. The Bertz CT molecular complexity index is 3710. The average molecular weight is 849 g/mol. The number of benzene rings is 11. The summed E-state index contributed by atoms with van der Waals surface area (Å²) >= 11 is 0. The predicted octanol–water partition coefficient (Wildman–Crippen LogP) is 16.9. The first kappa shape index (κ1) is 38.0. The maximum Gasteiger partial charge on any atom is 0.0716 e. The van der Waals surface area contributed by atoms with Gasteiger partial charge in [-0.3, -0.25) is 0 Å². The first-order valence-corrected chi connectivity index (χ1v) is 23.6. The molecule has 11 aromatic rings. The second-order valence-electron chi connectivity index (χ2n) is 18.6. The molecule has 67 heavy (non-hydrogen) atoms. The SMILES string of the molecule is c1ccc(-c2cccc(C3c4ccccc4-c4cc(-c5ccc6c(c5)-c5ccc7c(c5C6c5ccc6ccccc6c5)C(c5ccccc5)(c5ccccc5)c5ccccc5-7)ccc43)c2)cc1. The van der Waals surface area contributed by atoms with Gasteiger partial charge in [-0.2, -0.15) is 0 Å². The van der Waals surface area contributed by atoms with Crippen molar-refractivity contribution >= 4 is 10.8 Å². The van der Waals surface area contributed by atoms with Gasteiger partial charge in [0.2, 0.25) is 0 Å². The highest BCUT2D eigenvalue weighted by molar-refractivity contribution is 5.96. The Morgan fingerprint density at radius 1 is 0.269 bits per heavy atom. The quantitative estimate of drug-likeness (QED) is 0.156. The fraction of sp³-hybridized carbons (Fsp3) is 0.0448. The summed E-state index contributed by atoms with van der Waals surface area (Å²) < 4.78 is 0. The van der Waals surface area contributed by atoms with E-state index >= 15 is 0 Å². The van der Waals surface area contributed by atoms with Crippen LogP contribution in [0.3, 0.4) is 0 Å². The summed E-state index contributed by atoms with van der Waals surface area (Å²) in [6.07, 6.45) is 0. The standard InChI is InChI=1S/C67H44/c1-4-17-43(18-5-1)46-21-16-22-49(39-46)63-55-29-13-12-27-53(55)60-41-47(33-35-56(60)63)48-34-36-57-61(42-48)58-37-38-59-54-28-14-15-30-62(54)67(51-23-6-2-7-24-51,52-25-8-3-9-26-52)66(59)65(58)64(57)50-32-31-44-19-10-11-20-45(44)40-50/h1-42,63-64H. The zero-order valence-corrected chi connectivity index (χ0v) is 36.9. The van der Waals surface area contributed by atoms with Gasteiger partial charge in [0, 0.05) is 11.8 Å². The van der Waals surface area contributed by atoms with Crippen molar-refractivity contribution < 1.29 is 0 Å². The van der Waals surface area contributed by atoms with Crippen LogP contribution in [-0.4, -0.2) is 0 Å². The molecule has 0 bridgehead atoms. The Labute approximate surface area is 392 Å². The van der Waals surface area contributed by atoms with Gasteiger partial charge in [-0.05, 0) is 134 Å². The first-order valence-electron chi connectivity index (χ1n) is 23.6. The normalized spacial score (nSPS) is 15.6. The Hall–Kier alpha value is -8.32. The molecule has 312 valence electrons. The summed E-state index contributed by atoms with van der Waals surface area (Å²) in [5.41, 5.74) is 25.8. The monoisotopic (exact) mass is 848 g/mol. The largest absolute Gasteiger partial charge is 0.0716 e. The van der Waals surface area contributed by atoms with Crippen LogP contribution in [0.4, 0.5) is 0 Å². The fourth-order valence-electron chi connectivity index (χ4n) is 12.5. The lowest BCUT2D eigenvalue weighted by Gasteiger charge is -2.36. The average Bonchev–Trinajstić information content (AvgIpc) is 4.03. The van der Waals surface area contributed by atoms with Crippen LogP contribution in [0.25, 0.3) is 66.4 Å². The van der Waals surface area contributed by atoms with Crippen LogP contribution >= 0.6 is 0 Å². The summed E-state index contributed by atoms with van der Waals surface area (Å²) in [5.74, 6) is 0.193. The van der Waals surface area contributed by atoms with Crippen molar-refractivity contribution in [3.05, 3.63) is 310 Å². The van der Waals surface area contributed by atoms with Gasteiger partial charge in [0.25, 0.3) is 0 Å². The molecular weight excluding hydrogens is 805 g/mol. The lowest BCUT2D eigenvalue weighted by Crippen LogP contribution is -2.30. The van der Waals surface area contributed by atoms with Crippen LogP contribution in [-0.2, 0) is 5.41 Å². The maximum absolute atomic E-state index is 2.50. The molecule has 0 fully saturated rings. The Morgan fingerprint density at radius 2 is 0.806 bits per heavy atom. The summed E-state index contributed by atoms with van der Waals surface area (Å²) in [4.78, 5) is 0. The van der Waals surface area contributed by atoms with E-state index in [1.807, 2.05) is 0 Å². The Kier molecular flexibility index (Phi) is 8.43. The van der Waals surface area contributed by atoms with Crippen molar-refractivity contribution in [2.75, 3.05) is 0 Å². The molecule has 0 heteroatoms. The van der Waals surface area contributed by atoms with Gasteiger partial charge in [0.15, 0.2) is 0 Å². The summed E-state index contributed by atoms with van der Waals surface area (Å²) in [6.45, 7) is 0. The lowest BCUT2D eigenvalue weighted by atomic mass is 9.65. The highest BCUT2D eigenvalue weighted by atomic mass is 14.5.